The topological polar surface area (TPSA) is 76.0 Å². The molecule has 1 heterocycles. The maximum atomic E-state index is 12.4. The zero-order valence-corrected chi connectivity index (χ0v) is 14.9. The van der Waals surface area contributed by atoms with Gasteiger partial charge in [0.05, 0.1) is 11.4 Å². The standard InChI is InChI=1S/C20H20N4O2/c1-13-11-14(2)24(23-13)19-9-7-16(8-10-19)20(26)22-18-6-4-5-17(12-18)21-15(3)25/h4-12H,1-3H3,(H,21,25)(H,22,26). The van der Waals surface area contributed by atoms with E-state index in [1.54, 1.807) is 36.4 Å². The number of aromatic nitrogens is 2. The number of carbonyl (C=O) groups is 2. The number of amides is 2. The van der Waals surface area contributed by atoms with Crippen molar-refractivity contribution in [2.75, 3.05) is 10.6 Å². The summed E-state index contributed by atoms with van der Waals surface area (Å²) in [6.07, 6.45) is 0. The molecule has 3 aromatic rings. The molecule has 6 nitrogen and oxygen atoms in total. The van der Waals surface area contributed by atoms with E-state index in [0.29, 0.717) is 16.9 Å². The van der Waals surface area contributed by atoms with Crippen LogP contribution in [0.4, 0.5) is 11.4 Å². The van der Waals surface area contributed by atoms with Crippen molar-refractivity contribution >= 4 is 23.2 Å². The first-order valence-electron chi connectivity index (χ1n) is 8.25. The Hall–Kier alpha value is -3.41. The molecule has 2 N–H and O–H groups in total. The second-order valence-electron chi connectivity index (χ2n) is 6.10. The van der Waals surface area contributed by atoms with E-state index >= 15 is 0 Å². The van der Waals surface area contributed by atoms with E-state index in [0.717, 1.165) is 17.1 Å². The SMILES string of the molecule is CC(=O)Nc1cccc(NC(=O)c2ccc(-n3nc(C)cc3C)cc2)c1. The fourth-order valence-electron chi connectivity index (χ4n) is 2.73. The summed E-state index contributed by atoms with van der Waals surface area (Å²) in [4.78, 5) is 23.6. The smallest absolute Gasteiger partial charge is 0.255 e. The molecule has 0 saturated carbocycles. The van der Waals surface area contributed by atoms with Gasteiger partial charge in [0.15, 0.2) is 0 Å². The van der Waals surface area contributed by atoms with Gasteiger partial charge in [-0.3, -0.25) is 9.59 Å². The molecular weight excluding hydrogens is 328 g/mol. The Labute approximate surface area is 151 Å². The lowest BCUT2D eigenvalue weighted by molar-refractivity contribution is -0.114. The minimum absolute atomic E-state index is 0.159. The van der Waals surface area contributed by atoms with Crippen molar-refractivity contribution in [1.29, 1.82) is 0 Å². The number of benzene rings is 2. The summed E-state index contributed by atoms with van der Waals surface area (Å²) in [5.41, 5.74) is 4.68. The molecule has 0 aliphatic carbocycles. The third-order valence-corrected chi connectivity index (χ3v) is 3.82. The Morgan fingerprint density at radius 3 is 2.15 bits per heavy atom. The lowest BCUT2D eigenvalue weighted by Crippen LogP contribution is -2.13. The Bertz CT molecular complexity index is 958. The Kier molecular flexibility index (Phi) is 4.84. The van der Waals surface area contributed by atoms with Crippen LogP contribution < -0.4 is 10.6 Å². The fraction of sp³-hybridized carbons (Fsp3) is 0.150. The van der Waals surface area contributed by atoms with Crippen LogP contribution in [0.1, 0.15) is 28.7 Å². The van der Waals surface area contributed by atoms with Crippen molar-refractivity contribution < 1.29 is 9.59 Å². The number of hydrogen-bond acceptors (Lipinski definition) is 3. The number of anilines is 2. The van der Waals surface area contributed by atoms with Gasteiger partial charge in [-0.25, -0.2) is 4.68 Å². The highest BCUT2D eigenvalue weighted by atomic mass is 16.2. The van der Waals surface area contributed by atoms with E-state index in [9.17, 15) is 9.59 Å². The maximum Gasteiger partial charge on any atom is 0.255 e. The van der Waals surface area contributed by atoms with Crippen molar-refractivity contribution in [3.05, 3.63) is 71.5 Å². The van der Waals surface area contributed by atoms with Crippen LogP contribution in [0.15, 0.2) is 54.6 Å². The largest absolute Gasteiger partial charge is 0.326 e. The van der Waals surface area contributed by atoms with Crippen LogP contribution in [0.3, 0.4) is 0 Å². The van der Waals surface area contributed by atoms with Crippen LogP contribution >= 0.6 is 0 Å². The van der Waals surface area contributed by atoms with E-state index in [4.69, 9.17) is 0 Å². The van der Waals surface area contributed by atoms with Crippen LogP contribution in [0.2, 0.25) is 0 Å². The molecule has 0 radical (unpaired) electrons. The monoisotopic (exact) mass is 348 g/mol. The maximum absolute atomic E-state index is 12.4. The first-order chi connectivity index (χ1) is 12.4. The molecule has 0 aliphatic heterocycles. The van der Waals surface area contributed by atoms with Gasteiger partial charge in [0.2, 0.25) is 5.91 Å². The summed E-state index contributed by atoms with van der Waals surface area (Å²) in [6.45, 7) is 5.37. The van der Waals surface area contributed by atoms with Crippen LogP contribution in [0.5, 0.6) is 0 Å². The quantitative estimate of drug-likeness (QED) is 0.755. The summed E-state index contributed by atoms with van der Waals surface area (Å²) in [5, 5.41) is 9.96. The van der Waals surface area contributed by atoms with Gasteiger partial charge in [-0.1, -0.05) is 6.07 Å². The number of rotatable bonds is 4. The normalized spacial score (nSPS) is 10.4. The molecule has 0 unspecified atom stereocenters. The van der Waals surface area contributed by atoms with Crippen LogP contribution in [0, 0.1) is 13.8 Å². The number of hydrogen-bond donors (Lipinski definition) is 2. The molecule has 0 aliphatic rings. The molecule has 3 rings (SSSR count). The minimum Gasteiger partial charge on any atom is -0.326 e. The van der Waals surface area contributed by atoms with Gasteiger partial charge in [0, 0.05) is 29.6 Å². The van der Waals surface area contributed by atoms with Crippen LogP contribution in [0.25, 0.3) is 5.69 Å². The third kappa shape index (κ3) is 3.97. The molecule has 132 valence electrons. The van der Waals surface area contributed by atoms with Gasteiger partial charge in [-0.05, 0) is 62.4 Å². The molecule has 2 amide bonds. The molecular formula is C20H20N4O2. The highest BCUT2D eigenvalue weighted by molar-refractivity contribution is 6.04. The average molecular weight is 348 g/mol. The summed E-state index contributed by atoms with van der Waals surface area (Å²) in [7, 11) is 0. The van der Waals surface area contributed by atoms with Gasteiger partial charge in [0.25, 0.3) is 5.91 Å². The van der Waals surface area contributed by atoms with Gasteiger partial charge in [0.1, 0.15) is 0 Å². The Morgan fingerprint density at radius 2 is 1.58 bits per heavy atom. The molecule has 2 aromatic carbocycles. The van der Waals surface area contributed by atoms with E-state index in [-0.39, 0.29) is 11.8 Å². The van der Waals surface area contributed by atoms with E-state index in [1.807, 2.05) is 36.7 Å². The Morgan fingerprint density at radius 1 is 0.923 bits per heavy atom. The van der Waals surface area contributed by atoms with Crippen molar-refractivity contribution in [2.45, 2.75) is 20.8 Å². The van der Waals surface area contributed by atoms with E-state index < -0.39 is 0 Å². The number of nitrogens with zero attached hydrogens (tertiary/aromatic N) is 2. The number of nitrogens with one attached hydrogen (secondary N) is 2. The van der Waals surface area contributed by atoms with Crippen molar-refractivity contribution in [3.63, 3.8) is 0 Å². The predicted molar refractivity (Wildman–Crippen MR) is 102 cm³/mol. The van der Waals surface area contributed by atoms with Crippen molar-refractivity contribution in [3.8, 4) is 5.69 Å². The molecule has 0 atom stereocenters. The lowest BCUT2D eigenvalue weighted by atomic mass is 10.2. The van der Waals surface area contributed by atoms with Crippen LogP contribution in [-0.2, 0) is 4.79 Å². The Balaban J connectivity index is 1.74. The molecule has 0 fully saturated rings. The molecule has 6 heteroatoms. The summed E-state index contributed by atoms with van der Waals surface area (Å²) in [6, 6.07) is 16.3. The molecule has 0 saturated heterocycles. The second kappa shape index (κ2) is 7.23. The average Bonchev–Trinajstić information content (AvgIpc) is 2.93. The van der Waals surface area contributed by atoms with Crippen molar-refractivity contribution in [2.24, 2.45) is 0 Å². The minimum atomic E-state index is -0.218. The van der Waals surface area contributed by atoms with E-state index in [2.05, 4.69) is 15.7 Å². The second-order valence-corrected chi connectivity index (χ2v) is 6.10. The predicted octanol–water partition coefficient (Wildman–Crippen LogP) is 3.70. The van der Waals surface area contributed by atoms with Gasteiger partial charge >= 0.3 is 0 Å². The summed E-state index contributed by atoms with van der Waals surface area (Å²) >= 11 is 0. The highest BCUT2D eigenvalue weighted by Crippen LogP contribution is 2.17. The highest BCUT2D eigenvalue weighted by Gasteiger charge is 2.09. The zero-order valence-electron chi connectivity index (χ0n) is 14.9. The number of carbonyl (C=O) groups excluding carboxylic acids is 2. The fourth-order valence-corrected chi connectivity index (χ4v) is 2.73. The molecule has 26 heavy (non-hydrogen) atoms. The van der Waals surface area contributed by atoms with E-state index in [1.165, 1.54) is 6.92 Å². The number of aryl methyl sites for hydroxylation is 2. The zero-order chi connectivity index (χ0) is 18.7. The molecule has 0 spiro atoms. The van der Waals surface area contributed by atoms with Gasteiger partial charge in [-0.2, -0.15) is 5.10 Å². The van der Waals surface area contributed by atoms with Crippen LogP contribution in [-0.4, -0.2) is 21.6 Å². The van der Waals surface area contributed by atoms with Gasteiger partial charge in [-0.15, -0.1) is 0 Å². The summed E-state index contributed by atoms with van der Waals surface area (Å²) < 4.78 is 1.84. The summed E-state index contributed by atoms with van der Waals surface area (Å²) in [5.74, 6) is -0.377. The van der Waals surface area contributed by atoms with Gasteiger partial charge < -0.3 is 10.6 Å². The third-order valence-electron chi connectivity index (χ3n) is 3.82. The molecule has 1 aromatic heterocycles. The van der Waals surface area contributed by atoms with Crippen molar-refractivity contribution in [1.82, 2.24) is 9.78 Å². The lowest BCUT2D eigenvalue weighted by Gasteiger charge is -2.09. The first kappa shape index (κ1) is 17.4. The first-order valence-corrected chi connectivity index (χ1v) is 8.25. The molecule has 0 bridgehead atoms.